The zero-order chi connectivity index (χ0) is 15.5. The van der Waals surface area contributed by atoms with Gasteiger partial charge in [0.15, 0.2) is 0 Å². The van der Waals surface area contributed by atoms with Crippen LogP contribution < -0.4 is 10.6 Å². The summed E-state index contributed by atoms with van der Waals surface area (Å²) in [7, 11) is 0. The second-order valence-electron chi connectivity index (χ2n) is 5.58. The monoisotopic (exact) mass is 303 g/mol. The van der Waals surface area contributed by atoms with E-state index < -0.39 is 0 Å². The SMILES string of the molecule is CCO[C@H]1CCN(C(=O)Nc2cccc3c2CCNC3=O)C1. The summed E-state index contributed by atoms with van der Waals surface area (Å²) in [5.41, 5.74) is 2.30. The Morgan fingerprint density at radius 3 is 3.18 bits per heavy atom. The maximum atomic E-state index is 12.4. The zero-order valence-electron chi connectivity index (χ0n) is 12.7. The van der Waals surface area contributed by atoms with Crippen LogP contribution in [0.25, 0.3) is 0 Å². The molecular formula is C16H21N3O3. The number of amides is 3. The van der Waals surface area contributed by atoms with Crippen molar-refractivity contribution in [3.8, 4) is 0 Å². The molecule has 0 aromatic heterocycles. The number of urea groups is 1. The van der Waals surface area contributed by atoms with Gasteiger partial charge in [0, 0.05) is 37.5 Å². The molecule has 1 atom stereocenters. The predicted molar refractivity (Wildman–Crippen MR) is 83.1 cm³/mol. The lowest BCUT2D eigenvalue weighted by atomic mass is 9.98. The second-order valence-corrected chi connectivity index (χ2v) is 5.58. The largest absolute Gasteiger partial charge is 0.377 e. The number of anilines is 1. The van der Waals surface area contributed by atoms with Crippen molar-refractivity contribution in [2.75, 3.05) is 31.6 Å². The Labute approximate surface area is 129 Å². The van der Waals surface area contributed by atoms with Gasteiger partial charge in [0.05, 0.1) is 6.10 Å². The number of hydrogen-bond donors (Lipinski definition) is 2. The first kappa shape index (κ1) is 14.8. The number of benzene rings is 1. The van der Waals surface area contributed by atoms with E-state index in [1.165, 1.54) is 0 Å². The van der Waals surface area contributed by atoms with Crippen LogP contribution in [0.1, 0.15) is 29.3 Å². The summed E-state index contributed by atoms with van der Waals surface area (Å²) in [4.78, 5) is 26.0. The first-order valence-electron chi connectivity index (χ1n) is 7.76. The number of nitrogens with zero attached hydrogens (tertiary/aromatic N) is 1. The Morgan fingerprint density at radius 1 is 1.50 bits per heavy atom. The quantitative estimate of drug-likeness (QED) is 0.891. The van der Waals surface area contributed by atoms with E-state index >= 15 is 0 Å². The topological polar surface area (TPSA) is 70.7 Å². The van der Waals surface area contributed by atoms with Crippen LogP contribution in [0.4, 0.5) is 10.5 Å². The fourth-order valence-electron chi connectivity index (χ4n) is 3.06. The summed E-state index contributed by atoms with van der Waals surface area (Å²) in [5.74, 6) is -0.0741. The molecule has 0 radical (unpaired) electrons. The number of ether oxygens (including phenoxy) is 1. The zero-order valence-corrected chi connectivity index (χ0v) is 12.7. The minimum Gasteiger partial charge on any atom is -0.377 e. The Hall–Kier alpha value is -2.08. The molecule has 2 heterocycles. The van der Waals surface area contributed by atoms with E-state index in [4.69, 9.17) is 4.74 Å². The van der Waals surface area contributed by atoms with Crippen LogP contribution in [0.2, 0.25) is 0 Å². The lowest BCUT2D eigenvalue weighted by Gasteiger charge is -2.22. The lowest BCUT2D eigenvalue weighted by Crippen LogP contribution is -2.36. The highest BCUT2D eigenvalue weighted by atomic mass is 16.5. The summed E-state index contributed by atoms with van der Waals surface area (Å²) < 4.78 is 5.56. The molecule has 3 rings (SSSR count). The highest BCUT2D eigenvalue weighted by Crippen LogP contribution is 2.24. The molecule has 2 aliphatic rings. The van der Waals surface area contributed by atoms with E-state index in [9.17, 15) is 9.59 Å². The maximum absolute atomic E-state index is 12.4. The van der Waals surface area contributed by atoms with Crippen LogP contribution in [0.5, 0.6) is 0 Å². The van der Waals surface area contributed by atoms with E-state index in [2.05, 4.69) is 10.6 Å². The van der Waals surface area contributed by atoms with Gasteiger partial charge in [-0.3, -0.25) is 4.79 Å². The maximum Gasteiger partial charge on any atom is 0.321 e. The lowest BCUT2D eigenvalue weighted by molar-refractivity contribution is 0.0716. The van der Waals surface area contributed by atoms with E-state index in [1.807, 2.05) is 13.0 Å². The first-order valence-corrected chi connectivity index (χ1v) is 7.76. The van der Waals surface area contributed by atoms with Crippen molar-refractivity contribution in [2.45, 2.75) is 25.9 Å². The minimum atomic E-state index is -0.124. The van der Waals surface area contributed by atoms with Crippen molar-refractivity contribution in [3.05, 3.63) is 29.3 Å². The van der Waals surface area contributed by atoms with Crippen molar-refractivity contribution >= 4 is 17.6 Å². The van der Waals surface area contributed by atoms with Crippen LogP contribution >= 0.6 is 0 Å². The summed E-state index contributed by atoms with van der Waals surface area (Å²) >= 11 is 0. The fourth-order valence-corrected chi connectivity index (χ4v) is 3.06. The molecule has 0 unspecified atom stereocenters. The molecule has 1 aromatic carbocycles. The van der Waals surface area contributed by atoms with Crippen LogP contribution in [0.3, 0.4) is 0 Å². The average Bonchev–Trinajstić information content (AvgIpc) is 2.97. The van der Waals surface area contributed by atoms with Gasteiger partial charge in [0.25, 0.3) is 5.91 Å². The smallest absolute Gasteiger partial charge is 0.321 e. The van der Waals surface area contributed by atoms with Gasteiger partial charge < -0.3 is 20.3 Å². The minimum absolute atomic E-state index is 0.0741. The van der Waals surface area contributed by atoms with Gasteiger partial charge in [-0.2, -0.15) is 0 Å². The van der Waals surface area contributed by atoms with Gasteiger partial charge in [-0.15, -0.1) is 0 Å². The molecular weight excluding hydrogens is 282 g/mol. The number of nitrogens with one attached hydrogen (secondary N) is 2. The van der Waals surface area contributed by atoms with Gasteiger partial charge >= 0.3 is 6.03 Å². The molecule has 3 amide bonds. The van der Waals surface area contributed by atoms with Crippen LogP contribution in [0, 0.1) is 0 Å². The highest BCUT2D eigenvalue weighted by Gasteiger charge is 2.27. The number of hydrogen-bond acceptors (Lipinski definition) is 3. The van der Waals surface area contributed by atoms with Gasteiger partial charge in [0.2, 0.25) is 0 Å². The van der Waals surface area contributed by atoms with Crippen molar-refractivity contribution in [2.24, 2.45) is 0 Å². The van der Waals surface area contributed by atoms with E-state index in [0.29, 0.717) is 31.8 Å². The third-order valence-electron chi connectivity index (χ3n) is 4.16. The summed E-state index contributed by atoms with van der Waals surface area (Å²) in [6.07, 6.45) is 1.74. The normalized spacial score (nSPS) is 20.5. The molecule has 22 heavy (non-hydrogen) atoms. The average molecular weight is 303 g/mol. The molecule has 2 aliphatic heterocycles. The molecule has 0 aliphatic carbocycles. The number of fused-ring (bicyclic) bond motifs is 1. The van der Waals surface area contributed by atoms with Crippen molar-refractivity contribution < 1.29 is 14.3 Å². The molecule has 118 valence electrons. The second kappa shape index (κ2) is 6.36. The number of rotatable bonds is 3. The molecule has 1 aromatic rings. The van der Waals surface area contributed by atoms with Gasteiger partial charge in [-0.25, -0.2) is 4.79 Å². The summed E-state index contributed by atoms with van der Waals surface area (Å²) in [5, 5.41) is 5.76. The molecule has 6 nitrogen and oxygen atoms in total. The van der Waals surface area contributed by atoms with Crippen molar-refractivity contribution in [3.63, 3.8) is 0 Å². The number of carbonyl (C=O) groups is 2. The molecule has 0 spiro atoms. The molecule has 0 saturated carbocycles. The van der Waals surface area contributed by atoms with Gasteiger partial charge in [-0.05, 0) is 37.5 Å². The molecule has 2 N–H and O–H groups in total. The van der Waals surface area contributed by atoms with Crippen LogP contribution in [-0.4, -0.2) is 49.2 Å². The van der Waals surface area contributed by atoms with Gasteiger partial charge in [0.1, 0.15) is 0 Å². The predicted octanol–water partition coefficient (Wildman–Crippen LogP) is 1.62. The molecule has 0 bridgehead atoms. The Morgan fingerprint density at radius 2 is 2.36 bits per heavy atom. The number of likely N-dealkylation sites (tertiary alicyclic amines) is 1. The van der Waals surface area contributed by atoms with E-state index in [-0.39, 0.29) is 18.0 Å². The molecule has 6 heteroatoms. The van der Waals surface area contributed by atoms with E-state index in [0.717, 1.165) is 24.1 Å². The van der Waals surface area contributed by atoms with Gasteiger partial charge in [-0.1, -0.05) is 6.07 Å². The third-order valence-corrected chi connectivity index (χ3v) is 4.16. The standard InChI is InChI=1S/C16H21N3O3/c1-2-22-11-7-9-19(10-11)16(21)18-14-5-3-4-13-12(14)6-8-17-15(13)20/h3-5,11H,2,6-10H2,1H3,(H,17,20)(H,18,21)/t11-/m0/s1. The summed E-state index contributed by atoms with van der Waals surface area (Å²) in [6.45, 7) is 4.56. The van der Waals surface area contributed by atoms with Crippen LogP contribution in [-0.2, 0) is 11.2 Å². The first-order chi connectivity index (χ1) is 10.7. The Kier molecular flexibility index (Phi) is 4.29. The van der Waals surface area contributed by atoms with Crippen molar-refractivity contribution in [1.29, 1.82) is 0 Å². The fraction of sp³-hybridized carbons (Fsp3) is 0.500. The Balaban J connectivity index is 1.70. The van der Waals surface area contributed by atoms with Crippen LogP contribution in [0.15, 0.2) is 18.2 Å². The highest BCUT2D eigenvalue weighted by molar-refractivity contribution is 6.00. The summed E-state index contributed by atoms with van der Waals surface area (Å²) in [6, 6.07) is 5.32. The Bertz CT molecular complexity index is 588. The molecule has 1 saturated heterocycles. The third kappa shape index (κ3) is 2.92. The number of carbonyl (C=O) groups excluding carboxylic acids is 2. The van der Waals surface area contributed by atoms with E-state index in [1.54, 1.807) is 17.0 Å². The van der Waals surface area contributed by atoms with Crippen molar-refractivity contribution in [1.82, 2.24) is 10.2 Å². The molecule has 1 fully saturated rings.